The molecule has 0 spiro atoms. The molecule has 17 heavy (non-hydrogen) atoms. The topological polar surface area (TPSA) is 76.1 Å². The summed E-state index contributed by atoms with van der Waals surface area (Å²) >= 11 is 0. The monoisotopic (exact) mass is 232 g/mol. The van der Waals surface area contributed by atoms with Gasteiger partial charge >= 0.3 is 0 Å². The van der Waals surface area contributed by atoms with E-state index >= 15 is 0 Å². The van der Waals surface area contributed by atoms with Gasteiger partial charge in [-0.25, -0.2) is 10.8 Å². The van der Waals surface area contributed by atoms with Crippen LogP contribution in [0.2, 0.25) is 0 Å². The van der Waals surface area contributed by atoms with Crippen molar-refractivity contribution in [1.29, 1.82) is 0 Å². The molecule has 5 nitrogen and oxygen atoms in total. The van der Waals surface area contributed by atoms with Gasteiger partial charge < -0.3 is 15.2 Å². The SMILES string of the molecule is CC(Cc1ccco1)Nc1cccc(NN)n1. The van der Waals surface area contributed by atoms with Gasteiger partial charge in [-0.05, 0) is 31.2 Å². The minimum Gasteiger partial charge on any atom is -0.469 e. The lowest BCUT2D eigenvalue weighted by atomic mass is 10.2. The minimum atomic E-state index is 0.238. The third-order valence-corrected chi connectivity index (χ3v) is 2.38. The quantitative estimate of drug-likeness (QED) is 0.543. The molecule has 0 bridgehead atoms. The summed E-state index contributed by atoms with van der Waals surface area (Å²) in [6.07, 6.45) is 2.49. The van der Waals surface area contributed by atoms with Crippen LogP contribution in [-0.4, -0.2) is 11.0 Å². The minimum absolute atomic E-state index is 0.238. The molecule has 0 aliphatic rings. The van der Waals surface area contributed by atoms with E-state index in [-0.39, 0.29) is 6.04 Å². The van der Waals surface area contributed by atoms with Crippen LogP contribution in [0.25, 0.3) is 0 Å². The molecule has 0 fully saturated rings. The summed E-state index contributed by atoms with van der Waals surface area (Å²) in [6, 6.07) is 9.69. The molecule has 1 unspecified atom stereocenters. The average molecular weight is 232 g/mol. The molecule has 0 aliphatic carbocycles. The highest BCUT2D eigenvalue weighted by Gasteiger charge is 2.06. The Hall–Kier alpha value is -2.01. The molecule has 5 heteroatoms. The van der Waals surface area contributed by atoms with E-state index in [0.717, 1.165) is 18.0 Å². The van der Waals surface area contributed by atoms with Crippen molar-refractivity contribution in [3.8, 4) is 0 Å². The van der Waals surface area contributed by atoms with Crippen LogP contribution < -0.4 is 16.6 Å². The summed E-state index contributed by atoms with van der Waals surface area (Å²) in [7, 11) is 0. The number of hydrogen-bond donors (Lipinski definition) is 3. The second-order valence-electron chi connectivity index (χ2n) is 3.88. The van der Waals surface area contributed by atoms with Gasteiger partial charge in [0.05, 0.1) is 6.26 Å². The molecule has 2 rings (SSSR count). The molecular weight excluding hydrogens is 216 g/mol. The second kappa shape index (κ2) is 5.36. The zero-order valence-corrected chi connectivity index (χ0v) is 9.68. The van der Waals surface area contributed by atoms with Crippen molar-refractivity contribution in [2.24, 2.45) is 5.84 Å². The van der Waals surface area contributed by atoms with Crippen LogP contribution in [0.4, 0.5) is 11.6 Å². The molecule has 2 aromatic rings. The van der Waals surface area contributed by atoms with Crippen LogP contribution in [0.3, 0.4) is 0 Å². The van der Waals surface area contributed by atoms with Crippen molar-refractivity contribution in [3.05, 3.63) is 42.4 Å². The van der Waals surface area contributed by atoms with Gasteiger partial charge in [0, 0.05) is 12.5 Å². The molecule has 90 valence electrons. The highest BCUT2D eigenvalue weighted by atomic mass is 16.3. The third kappa shape index (κ3) is 3.22. The Morgan fingerprint density at radius 2 is 2.12 bits per heavy atom. The fraction of sp³-hybridized carbons (Fsp3) is 0.250. The van der Waals surface area contributed by atoms with E-state index in [9.17, 15) is 0 Å². The second-order valence-corrected chi connectivity index (χ2v) is 3.88. The van der Waals surface area contributed by atoms with E-state index in [1.54, 1.807) is 6.26 Å². The van der Waals surface area contributed by atoms with Gasteiger partial charge in [0.25, 0.3) is 0 Å². The number of rotatable bonds is 5. The zero-order valence-electron chi connectivity index (χ0n) is 9.68. The number of anilines is 2. The summed E-state index contributed by atoms with van der Waals surface area (Å²) in [4.78, 5) is 4.28. The van der Waals surface area contributed by atoms with Crippen LogP contribution in [-0.2, 0) is 6.42 Å². The molecule has 2 aromatic heterocycles. The normalized spacial score (nSPS) is 12.1. The predicted molar refractivity (Wildman–Crippen MR) is 67.5 cm³/mol. The first-order valence-electron chi connectivity index (χ1n) is 5.50. The zero-order chi connectivity index (χ0) is 12.1. The largest absolute Gasteiger partial charge is 0.469 e. The number of pyridine rings is 1. The summed E-state index contributed by atoms with van der Waals surface area (Å²) in [5, 5.41) is 3.29. The Labute approximate surface area is 100 Å². The number of hydrazine groups is 1. The lowest BCUT2D eigenvalue weighted by Gasteiger charge is -2.13. The van der Waals surface area contributed by atoms with Crippen molar-refractivity contribution in [2.45, 2.75) is 19.4 Å². The van der Waals surface area contributed by atoms with Gasteiger partial charge in [-0.1, -0.05) is 6.07 Å². The van der Waals surface area contributed by atoms with Crippen molar-refractivity contribution in [2.75, 3.05) is 10.7 Å². The fourth-order valence-electron chi connectivity index (χ4n) is 1.63. The molecular formula is C12H16N4O. The summed E-state index contributed by atoms with van der Waals surface area (Å²) in [5.41, 5.74) is 2.52. The van der Waals surface area contributed by atoms with Crippen LogP contribution >= 0.6 is 0 Å². The van der Waals surface area contributed by atoms with Crippen molar-refractivity contribution in [3.63, 3.8) is 0 Å². The molecule has 0 saturated carbocycles. The van der Waals surface area contributed by atoms with Crippen LogP contribution in [0.5, 0.6) is 0 Å². The Kier molecular flexibility index (Phi) is 3.62. The van der Waals surface area contributed by atoms with Crippen LogP contribution in [0.15, 0.2) is 41.0 Å². The summed E-state index contributed by atoms with van der Waals surface area (Å²) in [5.74, 6) is 7.69. The van der Waals surface area contributed by atoms with E-state index in [2.05, 4.69) is 22.7 Å². The summed E-state index contributed by atoms with van der Waals surface area (Å²) in [6.45, 7) is 2.08. The maximum absolute atomic E-state index is 5.30. The highest BCUT2D eigenvalue weighted by Crippen LogP contribution is 2.11. The Bertz CT molecular complexity index is 455. The number of nitrogen functional groups attached to an aromatic ring is 1. The van der Waals surface area contributed by atoms with Gasteiger partial charge in [-0.2, -0.15) is 0 Å². The first-order valence-corrected chi connectivity index (χ1v) is 5.50. The molecule has 1 atom stereocenters. The Morgan fingerprint density at radius 3 is 2.82 bits per heavy atom. The predicted octanol–water partition coefficient (Wildman–Crippen LogP) is 2.00. The van der Waals surface area contributed by atoms with Gasteiger partial charge in [-0.15, -0.1) is 0 Å². The van der Waals surface area contributed by atoms with E-state index in [4.69, 9.17) is 10.3 Å². The number of furan rings is 1. The summed E-state index contributed by atoms with van der Waals surface area (Å²) < 4.78 is 5.29. The van der Waals surface area contributed by atoms with E-state index in [1.165, 1.54) is 0 Å². The maximum Gasteiger partial charge on any atom is 0.142 e. The molecule has 0 amide bonds. The highest BCUT2D eigenvalue weighted by molar-refractivity contribution is 5.44. The van der Waals surface area contributed by atoms with E-state index < -0.39 is 0 Å². The molecule has 4 N–H and O–H groups in total. The number of aromatic nitrogens is 1. The molecule has 0 radical (unpaired) electrons. The molecule has 0 saturated heterocycles. The van der Waals surface area contributed by atoms with E-state index in [1.807, 2.05) is 30.3 Å². The molecule has 0 aliphatic heterocycles. The Balaban J connectivity index is 1.95. The first kappa shape index (κ1) is 11.5. The molecule has 2 heterocycles. The number of nitrogens with one attached hydrogen (secondary N) is 2. The smallest absolute Gasteiger partial charge is 0.142 e. The number of hydrogen-bond acceptors (Lipinski definition) is 5. The van der Waals surface area contributed by atoms with Gasteiger partial charge in [0.2, 0.25) is 0 Å². The van der Waals surface area contributed by atoms with Crippen LogP contribution in [0.1, 0.15) is 12.7 Å². The fourth-order valence-corrected chi connectivity index (χ4v) is 1.63. The van der Waals surface area contributed by atoms with Crippen molar-refractivity contribution < 1.29 is 4.42 Å². The maximum atomic E-state index is 5.30. The number of nitrogens with zero attached hydrogens (tertiary/aromatic N) is 1. The third-order valence-electron chi connectivity index (χ3n) is 2.38. The Morgan fingerprint density at radius 1 is 1.29 bits per heavy atom. The lowest BCUT2D eigenvalue weighted by Crippen LogP contribution is -2.19. The van der Waals surface area contributed by atoms with Gasteiger partial charge in [-0.3, -0.25) is 0 Å². The lowest BCUT2D eigenvalue weighted by molar-refractivity contribution is 0.497. The first-order chi connectivity index (χ1) is 8.28. The van der Waals surface area contributed by atoms with Crippen molar-refractivity contribution >= 4 is 11.6 Å². The average Bonchev–Trinajstić information content (AvgIpc) is 2.82. The van der Waals surface area contributed by atoms with Crippen molar-refractivity contribution in [1.82, 2.24) is 4.98 Å². The van der Waals surface area contributed by atoms with Gasteiger partial charge in [0.1, 0.15) is 17.4 Å². The molecule has 0 aromatic carbocycles. The van der Waals surface area contributed by atoms with Crippen LogP contribution in [0, 0.1) is 0 Å². The van der Waals surface area contributed by atoms with E-state index in [0.29, 0.717) is 5.82 Å². The number of nitrogens with two attached hydrogens (primary N) is 1. The standard InChI is InChI=1S/C12H16N4O/c1-9(8-10-4-3-7-17-10)14-11-5-2-6-12(15-11)16-13/h2-7,9H,8,13H2,1H3,(H2,14,15,16). The van der Waals surface area contributed by atoms with Gasteiger partial charge in [0.15, 0.2) is 0 Å².